The van der Waals surface area contributed by atoms with Crippen LogP contribution in [0.3, 0.4) is 0 Å². The first kappa shape index (κ1) is 19.6. The lowest BCUT2D eigenvalue weighted by Crippen LogP contribution is -2.19. The highest BCUT2D eigenvalue weighted by Crippen LogP contribution is 2.23. The fourth-order valence-electron chi connectivity index (χ4n) is 4.16. The van der Waals surface area contributed by atoms with Crippen LogP contribution in [0.2, 0.25) is 0 Å². The molecule has 0 spiro atoms. The van der Waals surface area contributed by atoms with Crippen LogP contribution in [0.4, 0.5) is 0 Å². The van der Waals surface area contributed by atoms with Crippen LogP contribution < -0.4 is 5.32 Å². The third-order valence-corrected chi connectivity index (χ3v) is 5.79. The van der Waals surface area contributed by atoms with Gasteiger partial charge in [0.1, 0.15) is 11.6 Å². The number of pyridine rings is 1. The summed E-state index contributed by atoms with van der Waals surface area (Å²) in [5.74, 6) is 2.25. The fourth-order valence-corrected chi connectivity index (χ4v) is 4.16. The number of hydrogen-bond acceptors (Lipinski definition) is 5. The van der Waals surface area contributed by atoms with E-state index in [-0.39, 0.29) is 0 Å². The average molecular weight is 414 g/mol. The maximum atomic E-state index is 4.87. The molecular formula is C24H27N7. The zero-order valence-corrected chi connectivity index (χ0v) is 17.6. The van der Waals surface area contributed by atoms with Crippen molar-refractivity contribution in [3.05, 3.63) is 78.3 Å². The highest BCUT2D eigenvalue weighted by molar-refractivity contribution is 5.62. The van der Waals surface area contributed by atoms with Crippen molar-refractivity contribution in [1.82, 2.24) is 34.8 Å². The molecule has 7 heteroatoms. The van der Waals surface area contributed by atoms with Crippen LogP contribution in [0.5, 0.6) is 0 Å². The summed E-state index contributed by atoms with van der Waals surface area (Å²) in [5, 5.41) is 17.3. The first-order valence-corrected chi connectivity index (χ1v) is 11.0. The van der Waals surface area contributed by atoms with Gasteiger partial charge in [0.25, 0.3) is 0 Å². The summed E-state index contributed by atoms with van der Waals surface area (Å²) in [6.45, 7) is 2.64. The zero-order valence-electron chi connectivity index (χ0n) is 17.6. The third-order valence-electron chi connectivity index (χ3n) is 5.79. The molecular weight excluding hydrogens is 386 g/mol. The van der Waals surface area contributed by atoms with Crippen molar-refractivity contribution in [1.29, 1.82) is 0 Å². The van der Waals surface area contributed by atoms with Crippen molar-refractivity contribution >= 4 is 0 Å². The largest absolute Gasteiger partial charge is 0.315 e. The van der Waals surface area contributed by atoms with Gasteiger partial charge in [-0.05, 0) is 37.1 Å². The van der Waals surface area contributed by atoms with Crippen LogP contribution in [-0.2, 0) is 25.9 Å². The van der Waals surface area contributed by atoms with Crippen LogP contribution >= 0.6 is 0 Å². The summed E-state index contributed by atoms with van der Waals surface area (Å²) < 4.78 is 4.27. The van der Waals surface area contributed by atoms with E-state index in [1.54, 1.807) is 0 Å². The molecule has 4 heterocycles. The Hall–Kier alpha value is -3.32. The number of aromatic nitrogens is 6. The Balaban J connectivity index is 1.30. The summed E-state index contributed by atoms with van der Waals surface area (Å²) in [6, 6.07) is 14.2. The van der Waals surface area contributed by atoms with E-state index >= 15 is 0 Å². The first-order valence-electron chi connectivity index (χ1n) is 11.0. The number of rotatable bonds is 7. The quantitative estimate of drug-likeness (QED) is 0.469. The van der Waals surface area contributed by atoms with Gasteiger partial charge in [-0.15, -0.1) is 10.2 Å². The fraction of sp³-hybridized carbons (Fsp3) is 0.333. The SMILES string of the molecule is c1ccc(-n2cc(CNCCc3nnc4n3CCCCC4)c(-c3ccncc3)n2)cc1. The van der Waals surface area contributed by atoms with Crippen LogP contribution in [0.1, 0.15) is 36.5 Å². The molecule has 3 aromatic heterocycles. The van der Waals surface area contributed by atoms with Gasteiger partial charge in [-0.3, -0.25) is 4.98 Å². The number of aryl methyl sites for hydroxylation is 1. The summed E-state index contributed by atoms with van der Waals surface area (Å²) >= 11 is 0. The van der Waals surface area contributed by atoms with Gasteiger partial charge in [-0.1, -0.05) is 24.6 Å². The van der Waals surface area contributed by atoms with Crippen molar-refractivity contribution in [3.63, 3.8) is 0 Å². The molecule has 31 heavy (non-hydrogen) atoms. The Morgan fingerprint density at radius 2 is 1.81 bits per heavy atom. The summed E-state index contributed by atoms with van der Waals surface area (Å²) in [4.78, 5) is 4.15. The van der Waals surface area contributed by atoms with Gasteiger partial charge in [0.05, 0.1) is 11.4 Å². The molecule has 1 aromatic carbocycles. The average Bonchev–Trinajstić information content (AvgIpc) is 3.34. The predicted molar refractivity (Wildman–Crippen MR) is 120 cm³/mol. The van der Waals surface area contributed by atoms with Crippen molar-refractivity contribution in [2.45, 2.75) is 45.2 Å². The Labute approximate surface area is 182 Å². The summed E-state index contributed by atoms with van der Waals surface area (Å²) in [7, 11) is 0. The van der Waals surface area contributed by atoms with E-state index in [9.17, 15) is 0 Å². The minimum absolute atomic E-state index is 0.742. The van der Waals surface area contributed by atoms with Crippen molar-refractivity contribution < 1.29 is 0 Å². The van der Waals surface area contributed by atoms with E-state index in [4.69, 9.17) is 5.10 Å². The molecule has 1 aliphatic heterocycles. The highest BCUT2D eigenvalue weighted by atomic mass is 15.3. The molecule has 158 valence electrons. The monoisotopic (exact) mass is 413 g/mol. The molecule has 0 aliphatic carbocycles. The van der Waals surface area contributed by atoms with E-state index < -0.39 is 0 Å². The molecule has 5 rings (SSSR count). The smallest absolute Gasteiger partial charge is 0.134 e. The van der Waals surface area contributed by atoms with Crippen molar-refractivity contribution in [2.24, 2.45) is 0 Å². The van der Waals surface area contributed by atoms with E-state index in [1.807, 2.05) is 47.4 Å². The molecule has 0 unspecified atom stereocenters. The molecule has 0 saturated heterocycles. The number of benzene rings is 1. The third kappa shape index (κ3) is 4.41. The van der Waals surface area contributed by atoms with E-state index in [1.165, 1.54) is 19.3 Å². The van der Waals surface area contributed by atoms with E-state index in [0.717, 1.165) is 66.6 Å². The summed E-state index contributed by atoms with van der Waals surface area (Å²) in [6.07, 6.45) is 11.4. The normalized spacial score (nSPS) is 13.7. The van der Waals surface area contributed by atoms with Gasteiger partial charge in [0.2, 0.25) is 0 Å². The lowest BCUT2D eigenvalue weighted by molar-refractivity contribution is 0.587. The second kappa shape index (κ2) is 9.22. The molecule has 0 bridgehead atoms. The van der Waals surface area contributed by atoms with Gasteiger partial charge < -0.3 is 9.88 Å². The highest BCUT2D eigenvalue weighted by Gasteiger charge is 2.15. The minimum atomic E-state index is 0.742. The first-order chi connectivity index (χ1) is 15.4. The standard InChI is InChI=1S/C24H27N7/c1-3-7-21(8-4-1)31-18-20(24(29-31)19-10-13-25-14-11-19)17-26-15-12-23-28-27-22-9-5-2-6-16-30(22)23/h1,3-4,7-8,10-11,13-14,18,26H,2,5-6,9,12,15-17H2. The number of para-hydroxylation sites is 1. The molecule has 1 aliphatic rings. The number of hydrogen-bond donors (Lipinski definition) is 1. The second-order valence-electron chi connectivity index (χ2n) is 7.94. The maximum absolute atomic E-state index is 4.87. The topological polar surface area (TPSA) is 73.5 Å². The number of nitrogens with zero attached hydrogens (tertiary/aromatic N) is 6. The second-order valence-corrected chi connectivity index (χ2v) is 7.94. The predicted octanol–water partition coefficient (Wildman–Crippen LogP) is 3.58. The molecule has 0 saturated carbocycles. The van der Waals surface area contributed by atoms with Gasteiger partial charge in [0.15, 0.2) is 0 Å². The lowest BCUT2D eigenvalue weighted by atomic mass is 10.1. The Morgan fingerprint density at radius 1 is 0.935 bits per heavy atom. The van der Waals surface area contributed by atoms with Gasteiger partial charge in [-0.2, -0.15) is 5.10 Å². The molecule has 7 nitrogen and oxygen atoms in total. The van der Waals surface area contributed by atoms with E-state index in [0.29, 0.717) is 0 Å². The summed E-state index contributed by atoms with van der Waals surface area (Å²) in [5.41, 5.74) is 4.27. The van der Waals surface area contributed by atoms with Crippen LogP contribution in [0, 0.1) is 0 Å². The van der Waals surface area contributed by atoms with E-state index in [2.05, 4.69) is 43.4 Å². The van der Waals surface area contributed by atoms with Crippen LogP contribution in [-0.4, -0.2) is 36.1 Å². The van der Waals surface area contributed by atoms with Gasteiger partial charge in [0, 0.05) is 62.2 Å². The molecule has 1 N–H and O–H groups in total. The van der Waals surface area contributed by atoms with Gasteiger partial charge in [-0.25, -0.2) is 4.68 Å². The number of fused-ring (bicyclic) bond motifs is 1. The molecule has 0 fully saturated rings. The molecule has 0 radical (unpaired) electrons. The minimum Gasteiger partial charge on any atom is -0.315 e. The maximum Gasteiger partial charge on any atom is 0.134 e. The van der Waals surface area contributed by atoms with Crippen LogP contribution in [0.25, 0.3) is 16.9 Å². The Morgan fingerprint density at radius 3 is 2.68 bits per heavy atom. The van der Waals surface area contributed by atoms with Gasteiger partial charge >= 0.3 is 0 Å². The zero-order chi connectivity index (χ0) is 20.9. The van der Waals surface area contributed by atoms with Crippen LogP contribution in [0.15, 0.2) is 61.1 Å². The molecule has 0 atom stereocenters. The van der Waals surface area contributed by atoms with Crippen molar-refractivity contribution in [3.8, 4) is 16.9 Å². The lowest BCUT2D eigenvalue weighted by Gasteiger charge is -2.08. The van der Waals surface area contributed by atoms with Crippen molar-refractivity contribution in [2.75, 3.05) is 6.54 Å². The molecule has 4 aromatic rings. The Kier molecular flexibility index (Phi) is 5.84. The number of nitrogens with one attached hydrogen (secondary N) is 1. The Bertz CT molecular complexity index is 1120. The molecule has 0 amide bonds.